The highest BCUT2D eigenvalue weighted by atomic mass is 127. The van der Waals surface area contributed by atoms with Gasteiger partial charge in [0.25, 0.3) is 0 Å². The second-order valence-corrected chi connectivity index (χ2v) is 4.76. The molecule has 0 amide bonds. The zero-order chi connectivity index (χ0) is 11.0. The Morgan fingerprint density at radius 2 is 1.94 bits per heavy atom. The van der Waals surface area contributed by atoms with Gasteiger partial charge in [0.15, 0.2) is 12.0 Å². The second-order valence-electron chi connectivity index (χ2n) is 3.52. The van der Waals surface area contributed by atoms with Gasteiger partial charge in [-0.25, -0.2) is 4.98 Å². The molecule has 1 heterocycles. The van der Waals surface area contributed by atoms with Crippen LogP contribution in [0.3, 0.4) is 0 Å². The Morgan fingerprint density at radius 3 is 2.81 bits per heavy atom. The average molecular weight is 321 g/mol. The van der Waals surface area contributed by atoms with E-state index in [2.05, 4.69) is 57.9 Å². The molecule has 0 fully saturated rings. The first-order chi connectivity index (χ1) is 7.84. The third-order valence-corrected chi connectivity index (χ3v) is 3.17. The van der Waals surface area contributed by atoms with E-state index in [1.807, 2.05) is 12.1 Å². The van der Waals surface area contributed by atoms with Crippen molar-refractivity contribution in [2.24, 2.45) is 0 Å². The monoisotopic (exact) mass is 321 g/mol. The summed E-state index contributed by atoms with van der Waals surface area (Å²) in [6, 6.07) is 14.3. The van der Waals surface area contributed by atoms with Crippen molar-refractivity contribution >= 4 is 33.7 Å². The number of para-hydroxylation sites is 1. The Bertz CT molecular complexity index is 645. The topological polar surface area (TPSA) is 26.0 Å². The van der Waals surface area contributed by atoms with Gasteiger partial charge in [-0.05, 0) is 46.4 Å². The molecule has 0 aliphatic carbocycles. The smallest absolute Gasteiger partial charge is 0.182 e. The molecule has 0 unspecified atom stereocenters. The van der Waals surface area contributed by atoms with E-state index >= 15 is 0 Å². The van der Waals surface area contributed by atoms with Crippen molar-refractivity contribution in [3.05, 3.63) is 52.4 Å². The molecular formula is C13H8INO. The predicted octanol–water partition coefficient (Wildman–Crippen LogP) is 4.10. The lowest BCUT2D eigenvalue weighted by Gasteiger charge is -2.02. The summed E-state index contributed by atoms with van der Waals surface area (Å²) in [6.45, 7) is 0. The van der Waals surface area contributed by atoms with Crippen LogP contribution >= 0.6 is 22.6 Å². The quantitative estimate of drug-likeness (QED) is 0.631. The van der Waals surface area contributed by atoms with Crippen LogP contribution < -0.4 is 0 Å². The molecule has 0 radical (unpaired) electrons. The van der Waals surface area contributed by atoms with E-state index in [0.717, 1.165) is 16.7 Å². The fourth-order valence-electron chi connectivity index (χ4n) is 1.78. The minimum absolute atomic E-state index is 0.830. The number of benzene rings is 2. The first-order valence-electron chi connectivity index (χ1n) is 4.93. The van der Waals surface area contributed by atoms with Gasteiger partial charge in [0.2, 0.25) is 0 Å². The third kappa shape index (κ3) is 1.61. The predicted molar refractivity (Wildman–Crippen MR) is 72.2 cm³/mol. The van der Waals surface area contributed by atoms with Crippen LogP contribution in [0.1, 0.15) is 0 Å². The first kappa shape index (κ1) is 9.84. The number of hydrogen-bond donors (Lipinski definition) is 0. The van der Waals surface area contributed by atoms with Gasteiger partial charge in [-0.2, -0.15) is 0 Å². The Labute approximate surface area is 106 Å². The highest BCUT2D eigenvalue weighted by Crippen LogP contribution is 2.28. The van der Waals surface area contributed by atoms with Gasteiger partial charge in [0.05, 0.1) is 0 Å². The van der Waals surface area contributed by atoms with Crippen molar-refractivity contribution in [1.29, 1.82) is 0 Å². The normalized spacial score (nSPS) is 10.8. The number of rotatable bonds is 1. The van der Waals surface area contributed by atoms with Gasteiger partial charge < -0.3 is 4.42 Å². The van der Waals surface area contributed by atoms with E-state index in [0.29, 0.717) is 0 Å². The van der Waals surface area contributed by atoms with Gasteiger partial charge in [-0.3, -0.25) is 0 Å². The largest absolute Gasteiger partial charge is 0.443 e. The summed E-state index contributed by atoms with van der Waals surface area (Å²) in [5.74, 6) is 0. The molecule has 0 aliphatic heterocycles. The van der Waals surface area contributed by atoms with Crippen LogP contribution in [0, 0.1) is 3.57 Å². The number of nitrogens with zero attached hydrogens (tertiary/aromatic N) is 1. The average Bonchev–Trinajstić information content (AvgIpc) is 2.76. The van der Waals surface area contributed by atoms with Crippen LogP contribution in [-0.2, 0) is 0 Å². The molecular weight excluding hydrogens is 313 g/mol. The molecule has 2 nitrogen and oxygen atoms in total. The van der Waals surface area contributed by atoms with Gasteiger partial charge in [-0.15, -0.1) is 0 Å². The summed E-state index contributed by atoms with van der Waals surface area (Å²) in [7, 11) is 0. The molecule has 0 atom stereocenters. The minimum Gasteiger partial charge on any atom is -0.443 e. The summed E-state index contributed by atoms with van der Waals surface area (Å²) in [5, 5.41) is 0. The van der Waals surface area contributed by atoms with Crippen molar-refractivity contribution in [3.8, 4) is 11.1 Å². The molecule has 0 saturated heterocycles. The van der Waals surface area contributed by atoms with Crippen molar-refractivity contribution in [2.45, 2.75) is 0 Å². The molecule has 0 bridgehead atoms. The summed E-state index contributed by atoms with van der Waals surface area (Å²) in [4.78, 5) is 4.26. The van der Waals surface area contributed by atoms with Crippen LogP contribution in [-0.4, -0.2) is 4.98 Å². The Kier molecular flexibility index (Phi) is 2.40. The standard InChI is InChI=1S/C13H8INO/c14-10-4-1-3-9(7-10)11-5-2-6-12-13(11)15-8-16-12/h1-8H. The number of oxazole rings is 1. The van der Waals surface area contributed by atoms with E-state index in [1.54, 1.807) is 0 Å². The molecule has 3 heteroatoms. The van der Waals surface area contributed by atoms with E-state index < -0.39 is 0 Å². The molecule has 2 aromatic carbocycles. The van der Waals surface area contributed by atoms with Crippen molar-refractivity contribution in [2.75, 3.05) is 0 Å². The summed E-state index contributed by atoms with van der Waals surface area (Å²) >= 11 is 2.31. The summed E-state index contributed by atoms with van der Waals surface area (Å²) in [6.07, 6.45) is 1.49. The number of hydrogen-bond acceptors (Lipinski definition) is 2. The maximum absolute atomic E-state index is 5.30. The molecule has 3 rings (SSSR count). The Hall–Kier alpha value is -1.36. The van der Waals surface area contributed by atoms with Crippen LogP contribution in [0.25, 0.3) is 22.2 Å². The van der Waals surface area contributed by atoms with Gasteiger partial charge >= 0.3 is 0 Å². The zero-order valence-electron chi connectivity index (χ0n) is 8.35. The third-order valence-electron chi connectivity index (χ3n) is 2.50. The molecule has 0 aliphatic rings. The molecule has 0 N–H and O–H groups in total. The van der Waals surface area contributed by atoms with E-state index in [4.69, 9.17) is 4.42 Å². The summed E-state index contributed by atoms with van der Waals surface area (Å²) in [5.41, 5.74) is 4.04. The number of fused-ring (bicyclic) bond motifs is 1. The zero-order valence-corrected chi connectivity index (χ0v) is 10.5. The highest BCUT2D eigenvalue weighted by Gasteiger charge is 2.06. The second kappa shape index (κ2) is 3.90. The molecule has 3 aromatic rings. The van der Waals surface area contributed by atoms with Crippen molar-refractivity contribution in [1.82, 2.24) is 4.98 Å². The molecule has 78 valence electrons. The van der Waals surface area contributed by atoms with Crippen LogP contribution in [0.5, 0.6) is 0 Å². The minimum atomic E-state index is 0.830. The molecule has 1 aromatic heterocycles. The fourth-order valence-corrected chi connectivity index (χ4v) is 2.32. The van der Waals surface area contributed by atoms with Gasteiger partial charge in [-0.1, -0.05) is 24.3 Å². The van der Waals surface area contributed by atoms with E-state index in [-0.39, 0.29) is 0 Å². The maximum Gasteiger partial charge on any atom is 0.182 e. The highest BCUT2D eigenvalue weighted by molar-refractivity contribution is 14.1. The Morgan fingerprint density at radius 1 is 1.06 bits per heavy atom. The van der Waals surface area contributed by atoms with Crippen LogP contribution in [0.4, 0.5) is 0 Å². The fraction of sp³-hybridized carbons (Fsp3) is 0. The number of aromatic nitrogens is 1. The van der Waals surface area contributed by atoms with Crippen LogP contribution in [0.15, 0.2) is 53.3 Å². The van der Waals surface area contributed by atoms with Crippen molar-refractivity contribution in [3.63, 3.8) is 0 Å². The SMILES string of the molecule is Ic1cccc(-c2cccc3ocnc23)c1. The van der Waals surface area contributed by atoms with E-state index in [1.165, 1.54) is 15.5 Å². The summed E-state index contributed by atoms with van der Waals surface area (Å²) < 4.78 is 6.52. The van der Waals surface area contributed by atoms with E-state index in [9.17, 15) is 0 Å². The lowest BCUT2D eigenvalue weighted by molar-refractivity contribution is 0.602. The number of halogens is 1. The van der Waals surface area contributed by atoms with Crippen LogP contribution in [0.2, 0.25) is 0 Å². The molecule has 0 saturated carbocycles. The lowest BCUT2D eigenvalue weighted by atomic mass is 10.0. The molecule has 16 heavy (non-hydrogen) atoms. The van der Waals surface area contributed by atoms with Crippen molar-refractivity contribution < 1.29 is 4.42 Å². The molecule has 0 spiro atoms. The van der Waals surface area contributed by atoms with Gasteiger partial charge in [0, 0.05) is 9.13 Å². The van der Waals surface area contributed by atoms with Gasteiger partial charge in [0.1, 0.15) is 5.52 Å². The first-order valence-corrected chi connectivity index (χ1v) is 6.00. The maximum atomic E-state index is 5.30. The Balaban J connectivity index is 2.29. The lowest BCUT2D eigenvalue weighted by Crippen LogP contribution is -1.81.